The van der Waals surface area contributed by atoms with Gasteiger partial charge in [0.25, 0.3) is 0 Å². The first-order valence-corrected chi connectivity index (χ1v) is 11.4. The number of nitrogens with zero attached hydrogens (tertiary/aromatic N) is 1. The third-order valence-electron chi connectivity index (χ3n) is 5.48. The third kappa shape index (κ3) is 7.98. The van der Waals surface area contributed by atoms with Gasteiger partial charge in [0.2, 0.25) is 11.8 Å². The Kier molecular flexibility index (Phi) is 10.2. The van der Waals surface area contributed by atoms with Gasteiger partial charge in [0, 0.05) is 19.0 Å². The minimum atomic E-state index is -0.584. The lowest BCUT2D eigenvalue weighted by Gasteiger charge is -2.31. The number of rotatable bonds is 12. The van der Waals surface area contributed by atoms with E-state index in [0.717, 1.165) is 23.3 Å². The smallest absolute Gasteiger partial charge is 0.243 e. The standard InChI is InChI=1S/C26H35FN2O3/c1-5-20(4)28-26(31)24(6-2)29(18-21-11-13-22(27)14-12-21)25(30)8-7-17-32-23-15-9-19(3)10-16-23/h9-16,20,24H,5-8,17-18H2,1-4H3,(H,28,31)/t20-,24-/m1/s1. The summed E-state index contributed by atoms with van der Waals surface area (Å²) in [7, 11) is 0. The molecule has 5 nitrogen and oxygen atoms in total. The fourth-order valence-electron chi connectivity index (χ4n) is 3.34. The van der Waals surface area contributed by atoms with E-state index in [4.69, 9.17) is 4.74 Å². The van der Waals surface area contributed by atoms with Gasteiger partial charge in [0.15, 0.2) is 0 Å². The molecule has 2 aromatic rings. The normalized spacial score (nSPS) is 12.7. The molecule has 0 fully saturated rings. The second-order valence-electron chi connectivity index (χ2n) is 8.16. The number of carbonyl (C=O) groups excluding carboxylic acids is 2. The number of halogens is 1. The van der Waals surface area contributed by atoms with Crippen LogP contribution >= 0.6 is 0 Å². The minimum Gasteiger partial charge on any atom is -0.494 e. The van der Waals surface area contributed by atoms with Crippen LogP contribution in [0, 0.1) is 12.7 Å². The fourth-order valence-corrected chi connectivity index (χ4v) is 3.34. The average Bonchev–Trinajstić information content (AvgIpc) is 2.78. The zero-order valence-electron chi connectivity index (χ0n) is 19.6. The highest BCUT2D eigenvalue weighted by molar-refractivity contribution is 5.87. The number of hydrogen-bond acceptors (Lipinski definition) is 3. The van der Waals surface area contributed by atoms with Crippen LogP contribution in [0.4, 0.5) is 4.39 Å². The van der Waals surface area contributed by atoms with Crippen LogP contribution in [-0.4, -0.2) is 35.4 Å². The van der Waals surface area contributed by atoms with Crippen molar-refractivity contribution in [2.24, 2.45) is 0 Å². The van der Waals surface area contributed by atoms with E-state index in [0.29, 0.717) is 19.4 Å². The lowest BCUT2D eigenvalue weighted by atomic mass is 10.1. The Balaban J connectivity index is 2.05. The van der Waals surface area contributed by atoms with Crippen molar-refractivity contribution >= 4 is 11.8 Å². The van der Waals surface area contributed by atoms with E-state index in [9.17, 15) is 14.0 Å². The van der Waals surface area contributed by atoms with Crippen molar-refractivity contribution in [1.82, 2.24) is 10.2 Å². The fraction of sp³-hybridized carbons (Fsp3) is 0.462. The summed E-state index contributed by atoms with van der Waals surface area (Å²) < 4.78 is 19.1. The third-order valence-corrected chi connectivity index (χ3v) is 5.48. The highest BCUT2D eigenvalue weighted by Crippen LogP contribution is 2.16. The Bertz CT molecular complexity index is 852. The van der Waals surface area contributed by atoms with Gasteiger partial charge in [-0.15, -0.1) is 0 Å². The van der Waals surface area contributed by atoms with Crippen LogP contribution in [0.5, 0.6) is 5.75 Å². The van der Waals surface area contributed by atoms with Crippen molar-refractivity contribution in [2.45, 2.75) is 72.0 Å². The van der Waals surface area contributed by atoms with Gasteiger partial charge >= 0.3 is 0 Å². The molecule has 0 saturated carbocycles. The maximum atomic E-state index is 13.3. The van der Waals surface area contributed by atoms with Crippen LogP contribution in [-0.2, 0) is 16.1 Å². The molecule has 0 aliphatic heterocycles. The van der Waals surface area contributed by atoms with Gasteiger partial charge in [-0.1, -0.05) is 43.7 Å². The van der Waals surface area contributed by atoms with Gasteiger partial charge in [0.1, 0.15) is 17.6 Å². The topological polar surface area (TPSA) is 58.6 Å². The first-order valence-electron chi connectivity index (χ1n) is 11.4. The Hall–Kier alpha value is -2.89. The second-order valence-corrected chi connectivity index (χ2v) is 8.16. The van der Waals surface area contributed by atoms with Crippen molar-refractivity contribution in [3.05, 3.63) is 65.5 Å². The SMILES string of the molecule is CC[C@@H](C)NC(=O)[C@@H](CC)N(Cc1ccc(F)cc1)C(=O)CCCOc1ccc(C)cc1. The average molecular weight is 443 g/mol. The molecule has 0 radical (unpaired) electrons. The molecule has 0 aliphatic carbocycles. The Morgan fingerprint density at radius 1 is 1.03 bits per heavy atom. The zero-order chi connectivity index (χ0) is 23.5. The number of carbonyl (C=O) groups is 2. The molecule has 0 spiro atoms. The molecule has 0 heterocycles. The predicted molar refractivity (Wildman–Crippen MR) is 125 cm³/mol. The van der Waals surface area contributed by atoms with E-state index < -0.39 is 6.04 Å². The van der Waals surface area contributed by atoms with Gasteiger partial charge in [-0.25, -0.2) is 4.39 Å². The van der Waals surface area contributed by atoms with Crippen molar-refractivity contribution in [3.8, 4) is 5.75 Å². The van der Waals surface area contributed by atoms with E-state index in [2.05, 4.69) is 5.32 Å². The van der Waals surface area contributed by atoms with Crippen LogP contribution in [0.3, 0.4) is 0 Å². The summed E-state index contributed by atoms with van der Waals surface area (Å²) in [6.07, 6.45) is 2.11. The molecule has 0 unspecified atom stereocenters. The summed E-state index contributed by atoms with van der Waals surface area (Å²) >= 11 is 0. The number of ether oxygens (including phenoxy) is 1. The van der Waals surface area contributed by atoms with E-state index in [-0.39, 0.29) is 36.6 Å². The predicted octanol–water partition coefficient (Wildman–Crippen LogP) is 5.02. The zero-order valence-corrected chi connectivity index (χ0v) is 19.6. The van der Waals surface area contributed by atoms with Crippen molar-refractivity contribution in [1.29, 1.82) is 0 Å². The number of amides is 2. The van der Waals surface area contributed by atoms with Crippen LogP contribution in [0.2, 0.25) is 0 Å². The molecule has 0 saturated heterocycles. The largest absolute Gasteiger partial charge is 0.494 e. The van der Waals surface area contributed by atoms with Crippen LogP contribution in [0.25, 0.3) is 0 Å². The lowest BCUT2D eigenvalue weighted by molar-refractivity contribution is -0.141. The minimum absolute atomic E-state index is 0.0298. The van der Waals surface area contributed by atoms with Gasteiger partial charge < -0.3 is 15.0 Å². The Morgan fingerprint density at radius 3 is 2.28 bits per heavy atom. The van der Waals surface area contributed by atoms with E-state index in [1.54, 1.807) is 17.0 Å². The molecule has 2 rings (SSSR count). The molecule has 0 aliphatic rings. The maximum absolute atomic E-state index is 13.3. The molecule has 2 atom stereocenters. The van der Waals surface area contributed by atoms with E-state index in [1.165, 1.54) is 12.1 Å². The van der Waals surface area contributed by atoms with Crippen molar-refractivity contribution in [2.75, 3.05) is 6.61 Å². The molecule has 6 heteroatoms. The highest BCUT2D eigenvalue weighted by atomic mass is 19.1. The highest BCUT2D eigenvalue weighted by Gasteiger charge is 2.28. The van der Waals surface area contributed by atoms with Crippen molar-refractivity contribution in [3.63, 3.8) is 0 Å². The maximum Gasteiger partial charge on any atom is 0.243 e. The first kappa shape index (κ1) is 25.4. The molecule has 0 aromatic heterocycles. The molecule has 32 heavy (non-hydrogen) atoms. The summed E-state index contributed by atoms with van der Waals surface area (Å²) in [5.74, 6) is 0.160. The first-order chi connectivity index (χ1) is 15.3. The van der Waals surface area contributed by atoms with Gasteiger partial charge in [-0.05, 0) is 62.9 Å². The number of aryl methyl sites for hydroxylation is 1. The van der Waals surface area contributed by atoms with E-state index >= 15 is 0 Å². The van der Waals surface area contributed by atoms with Crippen molar-refractivity contribution < 1.29 is 18.7 Å². The molecule has 174 valence electrons. The molecule has 2 aromatic carbocycles. The molecular weight excluding hydrogens is 407 g/mol. The Labute approximate surface area is 191 Å². The van der Waals surface area contributed by atoms with Gasteiger partial charge in [-0.3, -0.25) is 9.59 Å². The van der Waals surface area contributed by atoms with Crippen LogP contribution in [0.1, 0.15) is 57.6 Å². The Morgan fingerprint density at radius 2 is 1.69 bits per heavy atom. The summed E-state index contributed by atoms with van der Waals surface area (Å²) in [4.78, 5) is 27.6. The van der Waals surface area contributed by atoms with Crippen LogP contribution in [0.15, 0.2) is 48.5 Å². The number of nitrogens with one attached hydrogen (secondary N) is 1. The second kappa shape index (κ2) is 12.8. The summed E-state index contributed by atoms with van der Waals surface area (Å²) in [6.45, 7) is 8.52. The summed E-state index contributed by atoms with van der Waals surface area (Å²) in [5, 5.41) is 2.99. The van der Waals surface area contributed by atoms with Gasteiger partial charge in [-0.2, -0.15) is 0 Å². The lowest BCUT2D eigenvalue weighted by Crippen LogP contribution is -2.50. The number of hydrogen-bond donors (Lipinski definition) is 1. The quantitative estimate of drug-likeness (QED) is 0.470. The molecular formula is C26H35FN2O3. The summed E-state index contributed by atoms with van der Waals surface area (Å²) in [6, 6.07) is 13.3. The monoisotopic (exact) mass is 442 g/mol. The van der Waals surface area contributed by atoms with Gasteiger partial charge in [0.05, 0.1) is 6.61 Å². The molecule has 0 bridgehead atoms. The summed E-state index contributed by atoms with van der Waals surface area (Å²) in [5.41, 5.74) is 1.94. The van der Waals surface area contributed by atoms with E-state index in [1.807, 2.05) is 52.0 Å². The number of benzene rings is 2. The van der Waals surface area contributed by atoms with Crippen LogP contribution < -0.4 is 10.1 Å². The molecule has 1 N–H and O–H groups in total. The molecule has 2 amide bonds.